The first-order valence-corrected chi connectivity index (χ1v) is 26.0. The molecular formula is C52H102O4. The predicted octanol–water partition coefficient (Wildman–Crippen LogP) is 18.1. The quantitative estimate of drug-likeness (QED) is 0.0455. The van der Waals surface area contributed by atoms with Gasteiger partial charge in [0.15, 0.2) is 0 Å². The van der Waals surface area contributed by atoms with Crippen molar-refractivity contribution in [1.82, 2.24) is 0 Å². The average Bonchev–Trinajstić information content (AvgIpc) is 3.20. The van der Waals surface area contributed by atoms with E-state index in [-0.39, 0.29) is 11.9 Å². The molecule has 0 aromatic heterocycles. The van der Waals surface area contributed by atoms with Crippen molar-refractivity contribution in [3.8, 4) is 0 Å². The molecule has 0 aliphatic carbocycles. The Morgan fingerprint density at radius 2 is 0.393 bits per heavy atom. The molecule has 0 saturated heterocycles. The highest BCUT2D eigenvalue weighted by Crippen LogP contribution is 2.17. The van der Waals surface area contributed by atoms with Crippen LogP contribution in [0.3, 0.4) is 0 Å². The Bertz CT molecular complexity index is 689. The largest absolute Gasteiger partial charge is 0.466 e. The van der Waals surface area contributed by atoms with Gasteiger partial charge >= 0.3 is 11.9 Å². The molecule has 56 heavy (non-hydrogen) atoms. The fraction of sp³-hybridized carbons (Fsp3) is 0.962. The first-order valence-electron chi connectivity index (χ1n) is 26.0. The summed E-state index contributed by atoms with van der Waals surface area (Å²) >= 11 is 0. The molecule has 334 valence electrons. The number of hydrogen-bond acceptors (Lipinski definition) is 4. The van der Waals surface area contributed by atoms with Crippen molar-refractivity contribution in [2.75, 3.05) is 13.2 Å². The fourth-order valence-electron chi connectivity index (χ4n) is 8.12. The third-order valence-corrected chi connectivity index (χ3v) is 12.0. The maximum absolute atomic E-state index is 12.0. The number of carbonyl (C=O) groups excluding carboxylic acids is 2. The minimum Gasteiger partial charge on any atom is -0.466 e. The Morgan fingerprint density at radius 3 is 0.589 bits per heavy atom. The Labute approximate surface area is 352 Å². The molecule has 0 fully saturated rings. The summed E-state index contributed by atoms with van der Waals surface area (Å²) in [4.78, 5) is 24.0. The van der Waals surface area contributed by atoms with Crippen LogP contribution in [0.4, 0.5) is 0 Å². The molecule has 0 radical (unpaired) electrons. The van der Waals surface area contributed by atoms with Gasteiger partial charge in [0.25, 0.3) is 0 Å². The summed E-state index contributed by atoms with van der Waals surface area (Å²) in [5.74, 6) is 0.0298. The van der Waals surface area contributed by atoms with Gasteiger partial charge in [0.05, 0.1) is 13.2 Å². The zero-order valence-corrected chi connectivity index (χ0v) is 38.6. The molecule has 0 amide bonds. The van der Waals surface area contributed by atoms with Gasteiger partial charge in [-0.2, -0.15) is 0 Å². The lowest BCUT2D eigenvalue weighted by Crippen LogP contribution is -2.05. The lowest BCUT2D eigenvalue weighted by Gasteiger charge is -2.06. The molecule has 0 aromatic rings. The van der Waals surface area contributed by atoms with Gasteiger partial charge in [-0.25, -0.2) is 0 Å². The summed E-state index contributed by atoms with van der Waals surface area (Å²) in [5, 5.41) is 0. The molecule has 0 aliphatic heterocycles. The van der Waals surface area contributed by atoms with Crippen LogP contribution in [0.15, 0.2) is 0 Å². The van der Waals surface area contributed by atoms with Gasteiger partial charge in [0.1, 0.15) is 0 Å². The van der Waals surface area contributed by atoms with E-state index in [1.807, 2.05) is 0 Å². The number of ether oxygens (including phenoxy) is 2. The average molecular weight is 791 g/mol. The van der Waals surface area contributed by atoms with Crippen molar-refractivity contribution in [2.24, 2.45) is 0 Å². The SMILES string of the molecule is CCCCCCCCCCCCCCCCCC(=O)OCCCCCCCCCCCCCCCCOC(=O)CCCCCCCCCCCCCCCCC. The van der Waals surface area contributed by atoms with Gasteiger partial charge in [-0.15, -0.1) is 0 Å². The molecule has 0 bridgehead atoms. The van der Waals surface area contributed by atoms with E-state index in [9.17, 15) is 9.59 Å². The van der Waals surface area contributed by atoms with Gasteiger partial charge in [-0.1, -0.05) is 271 Å². The second-order valence-corrected chi connectivity index (χ2v) is 17.8. The molecule has 4 heteroatoms. The smallest absolute Gasteiger partial charge is 0.305 e. The monoisotopic (exact) mass is 791 g/mol. The molecule has 0 saturated carbocycles. The Morgan fingerprint density at radius 1 is 0.232 bits per heavy atom. The highest BCUT2D eigenvalue weighted by atomic mass is 16.5. The number of esters is 2. The van der Waals surface area contributed by atoms with Crippen LogP contribution in [0.2, 0.25) is 0 Å². The van der Waals surface area contributed by atoms with Crippen LogP contribution in [0.5, 0.6) is 0 Å². The zero-order chi connectivity index (χ0) is 40.5. The summed E-state index contributed by atoms with van der Waals surface area (Å²) in [6.07, 6.45) is 59.5. The minimum absolute atomic E-state index is 0.0149. The molecule has 0 unspecified atom stereocenters. The van der Waals surface area contributed by atoms with Crippen LogP contribution >= 0.6 is 0 Å². The van der Waals surface area contributed by atoms with E-state index in [1.165, 1.54) is 257 Å². The zero-order valence-electron chi connectivity index (χ0n) is 38.6. The van der Waals surface area contributed by atoms with E-state index in [1.54, 1.807) is 0 Å². The number of carbonyl (C=O) groups is 2. The van der Waals surface area contributed by atoms with Crippen LogP contribution < -0.4 is 0 Å². The minimum atomic E-state index is 0.0149. The van der Waals surface area contributed by atoms with Crippen molar-refractivity contribution in [3.63, 3.8) is 0 Å². The molecule has 0 heterocycles. The molecule has 4 nitrogen and oxygen atoms in total. The predicted molar refractivity (Wildman–Crippen MR) is 246 cm³/mol. The summed E-state index contributed by atoms with van der Waals surface area (Å²) in [6, 6.07) is 0. The lowest BCUT2D eigenvalue weighted by atomic mass is 10.0. The van der Waals surface area contributed by atoms with E-state index < -0.39 is 0 Å². The Hall–Kier alpha value is -1.06. The molecule has 0 N–H and O–H groups in total. The molecule has 0 aliphatic rings. The van der Waals surface area contributed by atoms with Crippen molar-refractivity contribution in [3.05, 3.63) is 0 Å². The van der Waals surface area contributed by atoms with E-state index in [2.05, 4.69) is 13.8 Å². The van der Waals surface area contributed by atoms with Crippen LogP contribution in [-0.2, 0) is 19.1 Å². The van der Waals surface area contributed by atoms with Gasteiger partial charge in [-0.05, 0) is 25.7 Å². The Kier molecular flexibility index (Phi) is 49.1. The summed E-state index contributed by atoms with van der Waals surface area (Å²) < 4.78 is 10.9. The molecule has 0 spiro atoms. The van der Waals surface area contributed by atoms with Gasteiger partial charge in [-0.3, -0.25) is 9.59 Å². The van der Waals surface area contributed by atoms with Crippen molar-refractivity contribution < 1.29 is 19.1 Å². The maximum Gasteiger partial charge on any atom is 0.305 e. The van der Waals surface area contributed by atoms with Crippen LogP contribution in [0, 0.1) is 0 Å². The van der Waals surface area contributed by atoms with E-state index in [4.69, 9.17) is 9.47 Å². The van der Waals surface area contributed by atoms with E-state index >= 15 is 0 Å². The first kappa shape index (κ1) is 54.9. The van der Waals surface area contributed by atoms with E-state index in [0.717, 1.165) is 25.7 Å². The number of rotatable bonds is 49. The second-order valence-electron chi connectivity index (χ2n) is 17.8. The third kappa shape index (κ3) is 49.1. The third-order valence-electron chi connectivity index (χ3n) is 12.0. The van der Waals surface area contributed by atoms with Gasteiger partial charge in [0.2, 0.25) is 0 Å². The standard InChI is InChI=1S/C52H102O4/c1-3-5-7-9-11-13-15-17-19-23-27-31-35-39-43-47-51(53)55-49-45-41-37-33-29-25-21-22-26-30-34-38-42-46-50-56-52(54)48-44-40-36-32-28-24-20-18-16-14-12-10-8-6-4-2/h3-50H2,1-2H3. The fourth-order valence-corrected chi connectivity index (χ4v) is 8.12. The highest BCUT2D eigenvalue weighted by Gasteiger charge is 2.04. The normalized spacial score (nSPS) is 11.4. The van der Waals surface area contributed by atoms with E-state index in [0.29, 0.717) is 26.1 Å². The number of unbranched alkanes of at least 4 members (excludes halogenated alkanes) is 41. The number of hydrogen-bond donors (Lipinski definition) is 0. The van der Waals surface area contributed by atoms with Crippen molar-refractivity contribution >= 4 is 11.9 Å². The Balaban J connectivity index is 3.20. The first-order chi connectivity index (χ1) is 27.7. The van der Waals surface area contributed by atoms with Crippen molar-refractivity contribution in [1.29, 1.82) is 0 Å². The topological polar surface area (TPSA) is 52.6 Å². The molecule has 0 atom stereocenters. The summed E-state index contributed by atoms with van der Waals surface area (Å²) in [6.45, 7) is 5.80. The summed E-state index contributed by atoms with van der Waals surface area (Å²) in [5.41, 5.74) is 0. The molecular weight excluding hydrogens is 689 g/mol. The lowest BCUT2D eigenvalue weighted by molar-refractivity contribution is -0.144. The van der Waals surface area contributed by atoms with Gasteiger partial charge in [0, 0.05) is 12.8 Å². The van der Waals surface area contributed by atoms with Crippen LogP contribution in [-0.4, -0.2) is 25.2 Å². The highest BCUT2D eigenvalue weighted by molar-refractivity contribution is 5.69. The molecule has 0 aromatic carbocycles. The second kappa shape index (κ2) is 50.1. The maximum atomic E-state index is 12.0. The van der Waals surface area contributed by atoms with Gasteiger partial charge < -0.3 is 9.47 Å². The molecule has 0 rings (SSSR count). The summed E-state index contributed by atoms with van der Waals surface area (Å²) in [7, 11) is 0. The van der Waals surface area contributed by atoms with Crippen LogP contribution in [0.25, 0.3) is 0 Å². The van der Waals surface area contributed by atoms with Crippen LogP contribution in [0.1, 0.15) is 309 Å². The van der Waals surface area contributed by atoms with Crippen molar-refractivity contribution in [2.45, 2.75) is 309 Å².